The van der Waals surface area contributed by atoms with Crippen LogP contribution in [0.25, 0.3) is 22.3 Å². The molecule has 1 aromatic heterocycles. The minimum Gasteiger partial charge on any atom is -0.550 e. The van der Waals surface area contributed by atoms with Gasteiger partial charge in [-0.05, 0) is 80.6 Å². The number of rotatable bonds is 12. The van der Waals surface area contributed by atoms with Crippen LogP contribution in [0, 0.1) is 11.6 Å². The molecule has 0 fully saturated rings. The Morgan fingerprint density at radius 3 is 1.88 bits per heavy atom. The smallest absolute Gasteiger partial charge is 0.550 e. The van der Waals surface area contributed by atoms with E-state index in [1.54, 1.807) is 48.5 Å². The Kier molecular flexibility index (Phi) is 12.2. The van der Waals surface area contributed by atoms with E-state index in [1.807, 2.05) is 24.5 Å². The molecule has 0 radical (unpaired) electrons. The molecule has 220 valence electrons. The number of aromatic nitrogens is 1. The van der Waals surface area contributed by atoms with E-state index in [1.165, 1.54) is 24.3 Å². The molecule has 3 aromatic carbocycles. The van der Waals surface area contributed by atoms with Crippen molar-refractivity contribution < 1.29 is 63.2 Å². The van der Waals surface area contributed by atoms with E-state index in [2.05, 4.69) is 5.32 Å². The van der Waals surface area contributed by atoms with Crippen LogP contribution >= 0.6 is 0 Å². The van der Waals surface area contributed by atoms with E-state index in [0.717, 1.165) is 0 Å². The van der Waals surface area contributed by atoms with Crippen molar-refractivity contribution >= 4 is 17.6 Å². The third-order valence-electron chi connectivity index (χ3n) is 7.00. The SMILES string of the molecule is CC(C)n1c(CC[C@@H](O)C[C@@H](O)CC(=O)[O-])c(-c2ccc(F)cc2)c(-c2ccc(F)cc2)c1C(=O)Nc1ccccc1.[Na+]. The Morgan fingerprint density at radius 2 is 1.37 bits per heavy atom. The second kappa shape index (κ2) is 15.4. The van der Waals surface area contributed by atoms with E-state index < -0.39 is 42.1 Å². The Morgan fingerprint density at radius 1 is 0.837 bits per heavy atom. The normalized spacial score (nSPS) is 12.4. The van der Waals surface area contributed by atoms with Crippen LogP contribution in [0.1, 0.15) is 55.3 Å². The first-order chi connectivity index (χ1) is 20.0. The standard InChI is InChI=1S/C33H34F2N2O5.Na/c1-20(2)37-28(17-16-26(38)18-27(39)19-29(40)41)30(21-8-12-23(34)13-9-21)31(22-10-14-24(35)15-11-22)32(37)33(42)36-25-6-4-3-5-7-25;/h3-15,20,26-27,38-39H,16-19H2,1-2H3,(H,36,42)(H,40,41);/q;+1/p-1/t26-,27-;/m1./s1. The van der Waals surface area contributed by atoms with Gasteiger partial charge in [0.25, 0.3) is 5.91 Å². The number of anilines is 1. The summed E-state index contributed by atoms with van der Waals surface area (Å²) in [6, 6.07) is 20.3. The van der Waals surface area contributed by atoms with Crippen molar-refractivity contribution in [2.45, 2.75) is 57.8 Å². The number of nitrogens with zero attached hydrogens (tertiary/aromatic N) is 1. The molecule has 0 saturated carbocycles. The molecule has 3 N–H and O–H groups in total. The molecule has 0 saturated heterocycles. The fourth-order valence-electron chi connectivity index (χ4n) is 5.22. The van der Waals surface area contributed by atoms with Gasteiger partial charge in [0.2, 0.25) is 0 Å². The Labute approximate surface area is 271 Å². The van der Waals surface area contributed by atoms with Gasteiger partial charge in [0.05, 0.1) is 12.2 Å². The van der Waals surface area contributed by atoms with Gasteiger partial charge in [-0.25, -0.2) is 8.78 Å². The van der Waals surface area contributed by atoms with E-state index >= 15 is 0 Å². The number of aliphatic hydroxyl groups excluding tert-OH is 2. The molecule has 1 amide bonds. The zero-order valence-corrected chi connectivity index (χ0v) is 26.4. The van der Waals surface area contributed by atoms with Crippen molar-refractivity contribution in [3.8, 4) is 22.3 Å². The number of amides is 1. The number of halogens is 2. The maximum atomic E-state index is 14.0. The predicted molar refractivity (Wildman–Crippen MR) is 155 cm³/mol. The first-order valence-electron chi connectivity index (χ1n) is 13.8. The molecule has 7 nitrogen and oxygen atoms in total. The van der Waals surface area contributed by atoms with Crippen molar-refractivity contribution in [3.63, 3.8) is 0 Å². The Balaban J connectivity index is 0.00000506. The maximum absolute atomic E-state index is 14.0. The number of benzene rings is 3. The van der Waals surface area contributed by atoms with Gasteiger partial charge in [0, 0.05) is 40.9 Å². The van der Waals surface area contributed by atoms with Crippen LogP contribution in [0.5, 0.6) is 0 Å². The van der Waals surface area contributed by atoms with Crippen molar-refractivity contribution in [1.29, 1.82) is 0 Å². The van der Waals surface area contributed by atoms with Crippen molar-refractivity contribution in [2.75, 3.05) is 5.32 Å². The summed E-state index contributed by atoms with van der Waals surface area (Å²) in [6.45, 7) is 3.82. The van der Waals surface area contributed by atoms with Gasteiger partial charge in [-0.1, -0.05) is 42.5 Å². The van der Waals surface area contributed by atoms with Crippen LogP contribution in [0.4, 0.5) is 14.5 Å². The molecular weight excluding hydrogens is 565 g/mol. The van der Waals surface area contributed by atoms with Crippen LogP contribution < -0.4 is 40.0 Å². The summed E-state index contributed by atoms with van der Waals surface area (Å²) < 4.78 is 29.9. The number of hydrogen-bond donors (Lipinski definition) is 3. The summed E-state index contributed by atoms with van der Waals surface area (Å²) >= 11 is 0. The minimum absolute atomic E-state index is 0. The zero-order chi connectivity index (χ0) is 30.4. The van der Waals surface area contributed by atoms with Crippen molar-refractivity contribution in [1.82, 2.24) is 4.57 Å². The summed E-state index contributed by atoms with van der Waals surface area (Å²) in [5.74, 6) is -2.71. The zero-order valence-electron chi connectivity index (χ0n) is 24.4. The number of carboxylic acid groups (broad SMARTS) is 1. The topological polar surface area (TPSA) is 115 Å². The van der Waals surface area contributed by atoms with Crippen LogP contribution in [-0.2, 0) is 11.2 Å². The molecule has 1 heterocycles. The first kappa shape index (κ1) is 34.2. The molecule has 0 bridgehead atoms. The number of aliphatic hydroxyl groups is 2. The molecule has 10 heteroatoms. The quantitative estimate of drug-likeness (QED) is 0.216. The van der Waals surface area contributed by atoms with E-state index in [0.29, 0.717) is 39.3 Å². The molecule has 0 aliphatic heterocycles. The molecular formula is C33H33F2N2NaO5. The average Bonchev–Trinajstić information content (AvgIpc) is 3.28. The Hall–Kier alpha value is -3.34. The van der Waals surface area contributed by atoms with Crippen LogP contribution in [0.3, 0.4) is 0 Å². The summed E-state index contributed by atoms with van der Waals surface area (Å²) in [7, 11) is 0. The van der Waals surface area contributed by atoms with Gasteiger partial charge in [-0.15, -0.1) is 0 Å². The van der Waals surface area contributed by atoms with Crippen molar-refractivity contribution in [2.24, 2.45) is 0 Å². The average molecular weight is 599 g/mol. The van der Waals surface area contributed by atoms with Crippen LogP contribution in [0.2, 0.25) is 0 Å². The summed E-state index contributed by atoms with van der Waals surface area (Å²) in [6.07, 6.45) is -2.73. The van der Waals surface area contributed by atoms with Gasteiger partial charge < -0.3 is 30.0 Å². The second-order valence-corrected chi connectivity index (χ2v) is 10.5. The number of aliphatic carboxylic acids is 1. The van der Waals surface area contributed by atoms with Gasteiger partial charge in [-0.2, -0.15) is 0 Å². The van der Waals surface area contributed by atoms with E-state index in [4.69, 9.17) is 0 Å². The van der Waals surface area contributed by atoms with Crippen molar-refractivity contribution in [3.05, 3.63) is 102 Å². The molecule has 43 heavy (non-hydrogen) atoms. The van der Waals surface area contributed by atoms with Gasteiger partial charge in [0.15, 0.2) is 0 Å². The maximum Gasteiger partial charge on any atom is 1.00 e. The Bertz CT molecular complexity index is 1520. The summed E-state index contributed by atoms with van der Waals surface area (Å²) in [5, 5.41) is 34.5. The number of carbonyl (C=O) groups excluding carboxylic acids is 2. The number of carbonyl (C=O) groups is 2. The summed E-state index contributed by atoms with van der Waals surface area (Å²) in [5.41, 5.74) is 3.88. The predicted octanol–water partition coefficient (Wildman–Crippen LogP) is 2.12. The third-order valence-corrected chi connectivity index (χ3v) is 7.00. The van der Waals surface area contributed by atoms with Gasteiger partial charge >= 0.3 is 29.6 Å². The fraction of sp³-hybridized carbons (Fsp3) is 0.273. The number of hydrogen-bond acceptors (Lipinski definition) is 5. The minimum atomic E-state index is -1.42. The van der Waals surface area contributed by atoms with E-state index in [9.17, 15) is 33.7 Å². The third kappa shape index (κ3) is 8.61. The molecule has 0 aliphatic carbocycles. The number of nitrogens with one attached hydrogen (secondary N) is 1. The molecule has 2 atom stereocenters. The number of para-hydroxylation sites is 1. The van der Waals surface area contributed by atoms with Gasteiger partial charge in [0.1, 0.15) is 17.3 Å². The van der Waals surface area contributed by atoms with Crippen LogP contribution in [0.15, 0.2) is 78.9 Å². The largest absolute Gasteiger partial charge is 1.00 e. The summed E-state index contributed by atoms with van der Waals surface area (Å²) in [4.78, 5) is 24.9. The van der Waals surface area contributed by atoms with Crippen LogP contribution in [-0.4, -0.2) is 38.9 Å². The molecule has 0 spiro atoms. The molecule has 4 aromatic rings. The molecule has 4 rings (SSSR count). The fourth-order valence-corrected chi connectivity index (χ4v) is 5.22. The number of carboxylic acids is 1. The first-order valence-corrected chi connectivity index (χ1v) is 13.8. The van der Waals surface area contributed by atoms with Gasteiger partial charge in [-0.3, -0.25) is 4.79 Å². The molecule has 0 unspecified atom stereocenters. The molecule has 0 aliphatic rings. The van der Waals surface area contributed by atoms with E-state index in [-0.39, 0.29) is 54.9 Å². The second-order valence-electron chi connectivity index (χ2n) is 10.5. The monoisotopic (exact) mass is 598 g/mol.